The van der Waals surface area contributed by atoms with Crippen molar-refractivity contribution in [3.63, 3.8) is 0 Å². The third-order valence-corrected chi connectivity index (χ3v) is 2.98. The summed E-state index contributed by atoms with van der Waals surface area (Å²) in [7, 11) is 0. The molecule has 0 N–H and O–H groups in total. The third-order valence-electron chi connectivity index (χ3n) is 2.98. The largest absolute Gasteiger partial charge is 0.488 e. The SMILES string of the molecule is CC(C)c1cc2c(cn1)OCCN2C(C)C. The van der Waals surface area contributed by atoms with Crippen molar-refractivity contribution in [2.45, 2.75) is 39.7 Å². The van der Waals surface area contributed by atoms with Crippen LogP contribution in [0.15, 0.2) is 12.3 Å². The molecule has 3 nitrogen and oxygen atoms in total. The molecule has 0 radical (unpaired) electrons. The number of nitrogens with zero attached hydrogens (tertiary/aromatic N) is 2. The number of hydrogen-bond donors (Lipinski definition) is 0. The Hall–Kier alpha value is -1.25. The molecule has 0 saturated heterocycles. The van der Waals surface area contributed by atoms with E-state index in [-0.39, 0.29) is 0 Å². The van der Waals surface area contributed by atoms with Gasteiger partial charge >= 0.3 is 0 Å². The highest BCUT2D eigenvalue weighted by atomic mass is 16.5. The molecular formula is C13H20N2O. The molecule has 0 spiro atoms. The van der Waals surface area contributed by atoms with Crippen molar-refractivity contribution in [1.29, 1.82) is 0 Å². The maximum absolute atomic E-state index is 5.63. The molecule has 3 heteroatoms. The Morgan fingerprint density at radius 1 is 1.31 bits per heavy atom. The van der Waals surface area contributed by atoms with E-state index in [0.717, 1.165) is 24.6 Å². The maximum atomic E-state index is 5.63. The van der Waals surface area contributed by atoms with Crippen LogP contribution in [0.25, 0.3) is 0 Å². The number of fused-ring (bicyclic) bond motifs is 1. The monoisotopic (exact) mass is 220 g/mol. The third kappa shape index (κ3) is 1.99. The lowest BCUT2D eigenvalue weighted by Crippen LogP contribution is -2.38. The Morgan fingerprint density at radius 2 is 2.06 bits per heavy atom. The number of hydrogen-bond acceptors (Lipinski definition) is 3. The molecule has 0 bridgehead atoms. The molecule has 1 aromatic rings. The standard InChI is InChI=1S/C13H20N2O/c1-9(2)11-7-12-13(8-14-11)16-6-5-15(12)10(3)4/h7-10H,5-6H2,1-4H3. The summed E-state index contributed by atoms with van der Waals surface area (Å²) in [5, 5.41) is 0. The molecule has 0 atom stereocenters. The van der Waals surface area contributed by atoms with Gasteiger partial charge in [0, 0.05) is 11.7 Å². The van der Waals surface area contributed by atoms with Gasteiger partial charge in [0.15, 0.2) is 5.75 Å². The predicted molar refractivity (Wildman–Crippen MR) is 66.3 cm³/mol. The molecule has 2 rings (SSSR count). The lowest BCUT2D eigenvalue weighted by molar-refractivity contribution is 0.301. The van der Waals surface area contributed by atoms with Gasteiger partial charge in [-0.2, -0.15) is 0 Å². The first-order valence-electron chi connectivity index (χ1n) is 5.99. The van der Waals surface area contributed by atoms with Crippen LogP contribution >= 0.6 is 0 Å². The van der Waals surface area contributed by atoms with E-state index in [9.17, 15) is 0 Å². The summed E-state index contributed by atoms with van der Waals surface area (Å²) in [5.74, 6) is 1.38. The van der Waals surface area contributed by atoms with Gasteiger partial charge in [-0.25, -0.2) is 0 Å². The number of rotatable bonds is 2. The summed E-state index contributed by atoms with van der Waals surface area (Å²) in [4.78, 5) is 6.81. The van der Waals surface area contributed by atoms with Crippen molar-refractivity contribution in [2.75, 3.05) is 18.1 Å². The normalized spacial score (nSPS) is 15.2. The fourth-order valence-corrected chi connectivity index (χ4v) is 2.01. The van der Waals surface area contributed by atoms with Crippen molar-refractivity contribution in [2.24, 2.45) is 0 Å². The lowest BCUT2D eigenvalue weighted by atomic mass is 10.1. The van der Waals surface area contributed by atoms with Gasteiger partial charge in [-0.05, 0) is 25.8 Å². The van der Waals surface area contributed by atoms with E-state index < -0.39 is 0 Å². The molecule has 2 heterocycles. The molecule has 88 valence electrons. The topological polar surface area (TPSA) is 25.4 Å². The minimum absolute atomic E-state index is 0.459. The zero-order valence-electron chi connectivity index (χ0n) is 10.5. The highest BCUT2D eigenvalue weighted by Gasteiger charge is 2.21. The number of pyridine rings is 1. The Labute approximate surface area is 97.4 Å². The van der Waals surface area contributed by atoms with E-state index in [2.05, 4.69) is 43.6 Å². The van der Waals surface area contributed by atoms with Crippen LogP contribution in [0.1, 0.15) is 39.3 Å². The van der Waals surface area contributed by atoms with Crippen LogP contribution in [0.4, 0.5) is 5.69 Å². The van der Waals surface area contributed by atoms with Gasteiger partial charge in [0.1, 0.15) is 6.61 Å². The Kier molecular flexibility index (Phi) is 3.03. The van der Waals surface area contributed by atoms with Crippen LogP contribution in [0.5, 0.6) is 5.75 Å². The summed E-state index contributed by atoms with van der Waals surface area (Å²) >= 11 is 0. The van der Waals surface area contributed by atoms with Gasteiger partial charge in [0.05, 0.1) is 18.4 Å². The first kappa shape index (κ1) is 11.2. The number of ether oxygens (including phenoxy) is 1. The highest BCUT2D eigenvalue weighted by Crippen LogP contribution is 2.33. The molecule has 16 heavy (non-hydrogen) atoms. The molecule has 1 aliphatic rings. The van der Waals surface area contributed by atoms with Crippen molar-refractivity contribution in [1.82, 2.24) is 4.98 Å². The molecular weight excluding hydrogens is 200 g/mol. The van der Waals surface area contributed by atoms with Crippen molar-refractivity contribution >= 4 is 5.69 Å². The highest BCUT2D eigenvalue weighted by molar-refractivity contribution is 5.60. The zero-order valence-corrected chi connectivity index (χ0v) is 10.5. The molecule has 0 aromatic carbocycles. The van der Waals surface area contributed by atoms with Gasteiger partial charge in [-0.1, -0.05) is 13.8 Å². The number of aromatic nitrogens is 1. The second-order valence-corrected chi connectivity index (χ2v) is 4.87. The Balaban J connectivity index is 2.40. The molecule has 1 aliphatic heterocycles. The molecule has 0 saturated carbocycles. The Bertz CT molecular complexity index is 374. The average Bonchev–Trinajstić information content (AvgIpc) is 2.27. The fourth-order valence-electron chi connectivity index (χ4n) is 2.01. The summed E-state index contributed by atoms with van der Waals surface area (Å²) in [5.41, 5.74) is 2.33. The quantitative estimate of drug-likeness (QED) is 0.766. The van der Waals surface area contributed by atoms with E-state index in [4.69, 9.17) is 4.74 Å². The Morgan fingerprint density at radius 3 is 2.69 bits per heavy atom. The first-order valence-corrected chi connectivity index (χ1v) is 5.99. The summed E-state index contributed by atoms with van der Waals surface area (Å²) < 4.78 is 5.63. The zero-order chi connectivity index (χ0) is 11.7. The van der Waals surface area contributed by atoms with E-state index in [1.165, 1.54) is 5.69 Å². The van der Waals surface area contributed by atoms with Gasteiger partial charge in [0.2, 0.25) is 0 Å². The minimum Gasteiger partial charge on any atom is -0.488 e. The predicted octanol–water partition coefficient (Wildman–Crippen LogP) is 2.81. The smallest absolute Gasteiger partial charge is 0.160 e. The minimum atomic E-state index is 0.459. The molecule has 0 unspecified atom stereocenters. The van der Waals surface area contributed by atoms with E-state index in [0.29, 0.717) is 12.0 Å². The van der Waals surface area contributed by atoms with Crippen LogP contribution in [-0.2, 0) is 0 Å². The van der Waals surface area contributed by atoms with Crippen LogP contribution < -0.4 is 9.64 Å². The molecule has 0 fully saturated rings. The van der Waals surface area contributed by atoms with Crippen molar-refractivity contribution in [3.8, 4) is 5.75 Å². The van der Waals surface area contributed by atoms with Gasteiger partial charge in [-0.15, -0.1) is 0 Å². The number of anilines is 1. The van der Waals surface area contributed by atoms with E-state index in [1.54, 1.807) is 0 Å². The lowest BCUT2D eigenvalue weighted by Gasteiger charge is -2.34. The second-order valence-electron chi connectivity index (χ2n) is 4.87. The molecule has 0 amide bonds. The van der Waals surface area contributed by atoms with Crippen molar-refractivity contribution in [3.05, 3.63) is 18.0 Å². The van der Waals surface area contributed by atoms with E-state index in [1.807, 2.05) is 6.20 Å². The van der Waals surface area contributed by atoms with Gasteiger partial charge in [-0.3, -0.25) is 4.98 Å². The average molecular weight is 220 g/mol. The fraction of sp³-hybridized carbons (Fsp3) is 0.615. The summed E-state index contributed by atoms with van der Waals surface area (Å²) in [6.45, 7) is 10.5. The summed E-state index contributed by atoms with van der Waals surface area (Å²) in [6, 6.07) is 2.67. The van der Waals surface area contributed by atoms with Crippen LogP contribution in [0.3, 0.4) is 0 Å². The molecule has 0 aliphatic carbocycles. The van der Waals surface area contributed by atoms with Crippen LogP contribution in [-0.4, -0.2) is 24.2 Å². The van der Waals surface area contributed by atoms with Crippen molar-refractivity contribution < 1.29 is 4.74 Å². The second kappa shape index (κ2) is 4.32. The van der Waals surface area contributed by atoms with Gasteiger partial charge < -0.3 is 9.64 Å². The van der Waals surface area contributed by atoms with Gasteiger partial charge in [0.25, 0.3) is 0 Å². The van der Waals surface area contributed by atoms with Crippen LogP contribution in [0.2, 0.25) is 0 Å². The van der Waals surface area contributed by atoms with E-state index >= 15 is 0 Å². The maximum Gasteiger partial charge on any atom is 0.160 e. The summed E-state index contributed by atoms with van der Waals surface area (Å²) in [6.07, 6.45) is 1.86. The van der Waals surface area contributed by atoms with Crippen LogP contribution in [0, 0.1) is 0 Å². The molecule has 1 aromatic heterocycles. The first-order chi connectivity index (χ1) is 7.59.